The SMILES string of the molecule is CCCCCC[n+]1cc[nH]c1C(CCC)C(C)(Cc1ccccc1)c1ccccc1. The number of aromatic nitrogens is 2. The summed E-state index contributed by atoms with van der Waals surface area (Å²) >= 11 is 0. The Hall–Kier alpha value is -2.35. The van der Waals surface area contributed by atoms with E-state index in [0.29, 0.717) is 5.92 Å². The zero-order chi connectivity index (χ0) is 21.2. The van der Waals surface area contributed by atoms with Gasteiger partial charge in [-0.25, -0.2) is 9.55 Å². The van der Waals surface area contributed by atoms with E-state index >= 15 is 0 Å². The molecule has 1 heterocycles. The molecule has 1 N–H and O–H groups in total. The number of nitrogens with one attached hydrogen (secondary N) is 1. The molecule has 2 heteroatoms. The van der Waals surface area contributed by atoms with Crippen molar-refractivity contribution in [3.05, 3.63) is 90.0 Å². The molecule has 2 aromatic carbocycles. The number of benzene rings is 2. The lowest BCUT2D eigenvalue weighted by Crippen LogP contribution is -2.43. The maximum absolute atomic E-state index is 3.66. The van der Waals surface area contributed by atoms with E-state index in [9.17, 15) is 0 Å². The lowest BCUT2D eigenvalue weighted by Gasteiger charge is -2.37. The molecule has 0 bridgehead atoms. The van der Waals surface area contributed by atoms with Gasteiger partial charge in [-0.3, -0.25) is 0 Å². The van der Waals surface area contributed by atoms with E-state index in [1.807, 2.05) is 0 Å². The van der Waals surface area contributed by atoms with Crippen molar-refractivity contribution >= 4 is 0 Å². The minimum absolute atomic E-state index is 0.0225. The second-order valence-electron chi connectivity index (χ2n) is 8.89. The van der Waals surface area contributed by atoms with Gasteiger partial charge in [0.15, 0.2) is 0 Å². The Labute approximate surface area is 183 Å². The Morgan fingerprint density at radius 1 is 0.867 bits per heavy atom. The summed E-state index contributed by atoms with van der Waals surface area (Å²) in [5.41, 5.74) is 2.86. The van der Waals surface area contributed by atoms with Gasteiger partial charge in [-0.05, 0) is 36.8 Å². The third kappa shape index (κ3) is 5.41. The van der Waals surface area contributed by atoms with Crippen LogP contribution in [0.5, 0.6) is 0 Å². The fraction of sp³-hybridized carbons (Fsp3) is 0.464. The van der Waals surface area contributed by atoms with Crippen molar-refractivity contribution in [1.82, 2.24) is 4.98 Å². The quantitative estimate of drug-likeness (QED) is 0.249. The number of aromatic amines is 1. The second-order valence-corrected chi connectivity index (χ2v) is 8.89. The summed E-state index contributed by atoms with van der Waals surface area (Å²) in [6, 6.07) is 22.1. The summed E-state index contributed by atoms with van der Waals surface area (Å²) in [7, 11) is 0. The van der Waals surface area contributed by atoms with Gasteiger partial charge >= 0.3 is 0 Å². The van der Waals surface area contributed by atoms with E-state index in [4.69, 9.17) is 0 Å². The van der Waals surface area contributed by atoms with Gasteiger partial charge in [-0.15, -0.1) is 0 Å². The van der Waals surface area contributed by atoms with Crippen LogP contribution in [0.4, 0.5) is 0 Å². The first-order valence-electron chi connectivity index (χ1n) is 11.8. The number of H-pyrrole nitrogens is 1. The molecule has 160 valence electrons. The average Bonchev–Trinajstić information content (AvgIpc) is 3.24. The molecule has 0 amide bonds. The summed E-state index contributed by atoms with van der Waals surface area (Å²) in [6.45, 7) is 8.17. The third-order valence-electron chi connectivity index (χ3n) is 6.57. The predicted molar refractivity (Wildman–Crippen MR) is 127 cm³/mol. The molecule has 30 heavy (non-hydrogen) atoms. The Morgan fingerprint density at radius 3 is 2.23 bits per heavy atom. The van der Waals surface area contributed by atoms with Gasteiger partial charge in [0.2, 0.25) is 0 Å². The van der Waals surface area contributed by atoms with Crippen molar-refractivity contribution in [2.24, 2.45) is 0 Å². The van der Waals surface area contributed by atoms with E-state index in [1.54, 1.807) is 0 Å². The summed E-state index contributed by atoms with van der Waals surface area (Å²) in [5, 5.41) is 0. The van der Waals surface area contributed by atoms with Gasteiger partial charge in [0, 0.05) is 5.41 Å². The first-order valence-corrected chi connectivity index (χ1v) is 11.8. The van der Waals surface area contributed by atoms with Gasteiger partial charge < -0.3 is 0 Å². The molecule has 0 radical (unpaired) electrons. The highest BCUT2D eigenvalue weighted by atomic mass is 15.1. The van der Waals surface area contributed by atoms with Crippen LogP contribution in [0.1, 0.15) is 82.2 Å². The van der Waals surface area contributed by atoms with Crippen LogP contribution in [0.25, 0.3) is 0 Å². The van der Waals surface area contributed by atoms with Crippen LogP contribution < -0.4 is 4.57 Å². The lowest BCUT2D eigenvalue weighted by molar-refractivity contribution is -0.705. The Bertz CT molecular complexity index is 853. The molecule has 2 unspecified atom stereocenters. The smallest absolute Gasteiger partial charge is 0.247 e. The van der Waals surface area contributed by atoms with Crippen LogP contribution in [0, 0.1) is 0 Å². The van der Waals surface area contributed by atoms with Crippen molar-refractivity contribution in [3.63, 3.8) is 0 Å². The fourth-order valence-corrected chi connectivity index (χ4v) is 4.89. The standard InChI is InChI=1S/C28H38N2/c1-4-6-7-14-21-30-22-20-29-27(30)26(15-5-2)28(3,25-18-12-9-13-19-25)23-24-16-10-8-11-17-24/h8-13,16-20,22,26H,4-7,14-15,21,23H2,1-3H3/p+1. The summed E-state index contributed by atoms with van der Waals surface area (Å²) in [5.74, 6) is 1.82. The molecular weight excluding hydrogens is 364 g/mol. The largest absolute Gasteiger partial charge is 0.258 e. The minimum Gasteiger partial charge on any atom is -0.247 e. The molecular formula is C28H39N2+. The van der Waals surface area contributed by atoms with Crippen molar-refractivity contribution in [1.29, 1.82) is 0 Å². The Balaban J connectivity index is 1.98. The van der Waals surface area contributed by atoms with Crippen molar-refractivity contribution in [2.45, 2.75) is 83.6 Å². The number of rotatable bonds is 12. The number of unbranched alkanes of at least 4 members (excludes halogenated alkanes) is 3. The van der Waals surface area contributed by atoms with Gasteiger partial charge in [-0.1, -0.05) is 101 Å². The average molecular weight is 404 g/mol. The molecule has 2 nitrogen and oxygen atoms in total. The predicted octanol–water partition coefficient (Wildman–Crippen LogP) is 6.97. The monoisotopic (exact) mass is 403 g/mol. The summed E-state index contributed by atoms with van der Waals surface area (Å²) in [4.78, 5) is 3.66. The summed E-state index contributed by atoms with van der Waals surface area (Å²) in [6.07, 6.45) is 12.9. The molecule has 0 aliphatic heterocycles. The molecule has 0 fully saturated rings. The third-order valence-corrected chi connectivity index (χ3v) is 6.57. The molecule has 0 saturated heterocycles. The van der Waals surface area contributed by atoms with Crippen molar-refractivity contribution < 1.29 is 4.57 Å². The molecule has 0 aliphatic rings. The molecule has 0 saturated carbocycles. The molecule has 3 rings (SSSR count). The van der Waals surface area contributed by atoms with Gasteiger partial charge in [0.1, 0.15) is 12.4 Å². The fourth-order valence-electron chi connectivity index (χ4n) is 4.89. The highest BCUT2D eigenvalue weighted by Gasteiger charge is 2.41. The number of hydrogen-bond acceptors (Lipinski definition) is 0. The summed E-state index contributed by atoms with van der Waals surface area (Å²) < 4.78 is 2.49. The molecule has 0 aliphatic carbocycles. The van der Waals surface area contributed by atoms with Crippen LogP contribution in [0.15, 0.2) is 73.1 Å². The van der Waals surface area contributed by atoms with E-state index in [0.717, 1.165) is 13.0 Å². The molecule has 1 aromatic heterocycles. The first kappa shape index (κ1) is 22.3. The van der Waals surface area contributed by atoms with Crippen LogP contribution in [0.3, 0.4) is 0 Å². The topological polar surface area (TPSA) is 19.7 Å². The number of nitrogens with zero attached hydrogens (tertiary/aromatic N) is 1. The first-order chi connectivity index (χ1) is 14.7. The zero-order valence-electron chi connectivity index (χ0n) is 19.1. The molecule has 0 spiro atoms. The Kier molecular flexibility index (Phi) is 8.30. The highest BCUT2D eigenvalue weighted by Crippen LogP contribution is 2.43. The van der Waals surface area contributed by atoms with Crippen molar-refractivity contribution in [2.75, 3.05) is 0 Å². The van der Waals surface area contributed by atoms with E-state index < -0.39 is 0 Å². The normalized spacial score (nSPS) is 14.4. The number of imidazole rings is 1. The van der Waals surface area contributed by atoms with Gasteiger partial charge in [-0.2, -0.15) is 0 Å². The van der Waals surface area contributed by atoms with Gasteiger partial charge in [0.05, 0.1) is 12.5 Å². The van der Waals surface area contributed by atoms with Crippen LogP contribution in [-0.4, -0.2) is 4.98 Å². The highest BCUT2D eigenvalue weighted by molar-refractivity contribution is 5.32. The molecule has 3 aromatic rings. The zero-order valence-corrected chi connectivity index (χ0v) is 19.1. The van der Waals surface area contributed by atoms with Crippen LogP contribution >= 0.6 is 0 Å². The van der Waals surface area contributed by atoms with Crippen molar-refractivity contribution in [3.8, 4) is 0 Å². The second kappa shape index (κ2) is 11.2. The van der Waals surface area contributed by atoms with E-state index in [-0.39, 0.29) is 5.41 Å². The number of aryl methyl sites for hydroxylation is 1. The maximum Gasteiger partial charge on any atom is 0.258 e. The number of hydrogen-bond donors (Lipinski definition) is 1. The minimum atomic E-state index is 0.0225. The molecule has 2 atom stereocenters. The Morgan fingerprint density at radius 2 is 1.57 bits per heavy atom. The van der Waals surface area contributed by atoms with Gasteiger partial charge in [0.25, 0.3) is 5.82 Å². The lowest BCUT2D eigenvalue weighted by atomic mass is 9.66. The van der Waals surface area contributed by atoms with E-state index in [1.165, 1.54) is 55.5 Å². The van der Waals surface area contributed by atoms with Crippen LogP contribution in [-0.2, 0) is 18.4 Å². The maximum atomic E-state index is 3.66. The van der Waals surface area contributed by atoms with E-state index in [2.05, 4.69) is 103 Å². The van der Waals surface area contributed by atoms with Crippen LogP contribution in [0.2, 0.25) is 0 Å².